The number of aromatic nitrogens is 4. The second-order valence-electron chi connectivity index (χ2n) is 6.79. The first-order valence-electron chi connectivity index (χ1n) is 9.08. The van der Waals surface area contributed by atoms with Crippen LogP contribution < -0.4 is 10.2 Å². The van der Waals surface area contributed by atoms with Crippen LogP contribution in [0.15, 0.2) is 36.7 Å². The van der Waals surface area contributed by atoms with Crippen molar-refractivity contribution in [2.45, 2.75) is 38.5 Å². The van der Waals surface area contributed by atoms with Gasteiger partial charge in [0, 0.05) is 37.1 Å². The number of nitrogens with one attached hydrogen (secondary N) is 1. The monoisotopic (exact) mass is 388 g/mol. The fourth-order valence-electron chi connectivity index (χ4n) is 3.46. The van der Waals surface area contributed by atoms with Gasteiger partial charge in [-0.25, -0.2) is 4.98 Å². The van der Waals surface area contributed by atoms with E-state index in [1.165, 1.54) is 12.1 Å². The lowest BCUT2D eigenvalue weighted by molar-refractivity contribution is -0.141. The Kier molecular flexibility index (Phi) is 4.74. The standard InChI is InChI=1S/C19H19F3N6/c1-12-5-4-10-28(12)18-26-16-14(7-3-9-24-16)17(27-18)25-11-13-6-2-8-23-15(13)19(20,21)22/h2-3,6-9,12H,4-5,10-11H2,1H3,(H,24,25,26,27). The van der Waals surface area contributed by atoms with Crippen LogP contribution in [-0.4, -0.2) is 32.5 Å². The highest BCUT2D eigenvalue weighted by Gasteiger charge is 2.35. The quantitative estimate of drug-likeness (QED) is 0.728. The Bertz CT molecular complexity index is 991. The molecule has 6 nitrogen and oxygen atoms in total. The topological polar surface area (TPSA) is 66.8 Å². The van der Waals surface area contributed by atoms with E-state index in [9.17, 15) is 13.2 Å². The van der Waals surface area contributed by atoms with Crippen LogP contribution in [0, 0.1) is 0 Å². The molecule has 28 heavy (non-hydrogen) atoms. The zero-order valence-electron chi connectivity index (χ0n) is 15.2. The maximum atomic E-state index is 13.2. The molecule has 1 unspecified atom stereocenters. The number of pyridine rings is 2. The van der Waals surface area contributed by atoms with Crippen LogP contribution in [0.1, 0.15) is 31.0 Å². The zero-order valence-corrected chi connectivity index (χ0v) is 15.2. The third-order valence-corrected chi connectivity index (χ3v) is 4.88. The molecule has 1 saturated heterocycles. The summed E-state index contributed by atoms with van der Waals surface area (Å²) in [5, 5.41) is 3.70. The van der Waals surface area contributed by atoms with Crippen molar-refractivity contribution in [2.75, 3.05) is 16.8 Å². The van der Waals surface area contributed by atoms with Gasteiger partial charge in [-0.3, -0.25) is 4.98 Å². The molecule has 4 rings (SSSR count). The molecule has 146 valence electrons. The zero-order chi connectivity index (χ0) is 19.7. The van der Waals surface area contributed by atoms with E-state index in [1.807, 2.05) is 0 Å². The number of nitrogens with zero attached hydrogens (tertiary/aromatic N) is 5. The minimum absolute atomic E-state index is 0.0569. The molecule has 9 heteroatoms. The van der Waals surface area contributed by atoms with E-state index in [0.717, 1.165) is 25.6 Å². The summed E-state index contributed by atoms with van der Waals surface area (Å²) in [7, 11) is 0. The van der Waals surface area contributed by atoms with Crippen molar-refractivity contribution in [1.29, 1.82) is 0 Å². The lowest BCUT2D eigenvalue weighted by Gasteiger charge is -2.22. The van der Waals surface area contributed by atoms with E-state index in [1.54, 1.807) is 18.3 Å². The Morgan fingerprint density at radius 2 is 1.93 bits per heavy atom. The molecule has 1 fully saturated rings. The Labute approximate surface area is 159 Å². The first kappa shape index (κ1) is 18.4. The fourth-order valence-corrected chi connectivity index (χ4v) is 3.46. The number of anilines is 2. The van der Waals surface area contributed by atoms with E-state index in [-0.39, 0.29) is 12.1 Å². The third kappa shape index (κ3) is 3.56. The molecule has 3 aromatic heterocycles. The summed E-state index contributed by atoms with van der Waals surface area (Å²) in [6, 6.07) is 6.76. The summed E-state index contributed by atoms with van der Waals surface area (Å²) in [6.07, 6.45) is 0.376. The maximum Gasteiger partial charge on any atom is 0.433 e. The number of hydrogen-bond acceptors (Lipinski definition) is 6. The Hall–Kier alpha value is -2.97. The first-order valence-corrected chi connectivity index (χ1v) is 9.08. The Morgan fingerprint density at radius 1 is 1.14 bits per heavy atom. The van der Waals surface area contributed by atoms with Gasteiger partial charge in [-0.2, -0.15) is 23.1 Å². The number of hydrogen-bond donors (Lipinski definition) is 1. The number of fused-ring (bicyclic) bond motifs is 1. The van der Waals surface area contributed by atoms with Crippen LogP contribution in [0.3, 0.4) is 0 Å². The van der Waals surface area contributed by atoms with Gasteiger partial charge < -0.3 is 10.2 Å². The highest BCUT2D eigenvalue weighted by Crippen LogP contribution is 2.31. The van der Waals surface area contributed by atoms with Crippen molar-refractivity contribution in [2.24, 2.45) is 0 Å². The molecule has 1 aliphatic heterocycles. The predicted molar refractivity (Wildman–Crippen MR) is 99.9 cm³/mol. The fraction of sp³-hybridized carbons (Fsp3) is 0.368. The van der Waals surface area contributed by atoms with Crippen molar-refractivity contribution in [3.8, 4) is 0 Å². The van der Waals surface area contributed by atoms with Gasteiger partial charge in [0.1, 0.15) is 11.5 Å². The van der Waals surface area contributed by atoms with E-state index >= 15 is 0 Å². The molecular formula is C19H19F3N6. The first-order chi connectivity index (χ1) is 13.4. The minimum Gasteiger partial charge on any atom is -0.365 e. The lowest BCUT2D eigenvalue weighted by Crippen LogP contribution is -2.28. The van der Waals surface area contributed by atoms with Gasteiger partial charge in [-0.15, -0.1) is 0 Å². The maximum absolute atomic E-state index is 13.2. The molecule has 4 heterocycles. The van der Waals surface area contributed by atoms with Gasteiger partial charge in [-0.05, 0) is 38.0 Å². The van der Waals surface area contributed by atoms with Gasteiger partial charge in [0.2, 0.25) is 5.95 Å². The minimum atomic E-state index is -4.51. The van der Waals surface area contributed by atoms with Crippen molar-refractivity contribution in [1.82, 2.24) is 19.9 Å². The Morgan fingerprint density at radius 3 is 2.68 bits per heavy atom. The van der Waals surface area contributed by atoms with Crippen molar-refractivity contribution >= 4 is 22.8 Å². The van der Waals surface area contributed by atoms with E-state index in [2.05, 4.69) is 37.1 Å². The summed E-state index contributed by atoms with van der Waals surface area (Å²) in [6.45, 7) is 2.90. The molecule has 1 aliphatic rings. The van der Waals surface area contributed by atoms with Crippen LogP contribution >= 0.6 is 0 Å². The average Bonchev–Trinajstić information content (AvgIpc) is 3.11. The molecule has 0 radical (unpaired) electrons. The molecule has 0 aromatic carbocycles. The van der Waals surface area contributed by atoms with Crippen LogP contribution in [0.25, 0.3) is 11.0 Å². The van der Waals surface area contributed by atoms with Crippen molar-refractivity contribution < 1.29 is 13.2 Å². The lowest BCUT2D eigenvalue weighted by atomic mass is 10.2. The van der Waals surface area contributed by atoms with Crippen LogP contribution in [0.5, 0.6) is 0 Å². The summed E-state index contributed by atoms with van der Waals surface area (Å²) in [4.78, 5) is 19.1. The van der Waals surface area contributed by atoms with Gasteiger partial charge >= 0.3 is 6.18 Å². The van der Waals surface area contributed by atoms with Crippen molar-refractivity contribution in [3.05, 3.63) is 47.9 Å². The average molecular weight is 388 g/mol. The summed E-state index contributed by atoms with van der Waals surface area (Å²) < 4.78 is 39.6. The van der Waals surface area contributed by atoms with Gasteiger partial charge in [0.15, 0.2) is 5.65 Å². The highest BCUT2D eigenvalue weighted by atomic mass is 19.4. The van der Waals surface area contributed by atoms with Gasteiger partial charge in [0.25, 0.3) is 0 Å². The molecule has 3 aromatic rings. The summed E-state index contributed by atoms with van der Waals surface area (Å²) in [5.41, 5.74) is -0.328. The van der Waals surface area contributed by atoms with Crippen molar-refractivity contribution in [3.63, 3.8) is 0 Å². The highest BCUT2D eigenvalue weighted by molar-refractivity contribution is 5.87. The molecule has 0 spiro atoms. The van der Waals surface area contributed by atoms with Crippen LogP contribution in [-0.2, 0) is 12.7 Å². The molecule has 0 aliphatic carbocycles. The van der Waals surface area contributed by atoms with Gasteiger partial charge in [-0.1, -0.05) is 6.07 Å². The molecule has 0 bridgehead atoms. The molecule has 0 amide bonds. The normalized spacial score (nSPS) is 17.3. The molecule has 1 N–H and O–H groups in total. The third-order valence-electron chi connectivity index (χ3n) is 4.88. The molecule has 1 atom stereocenters. The van der Waals surface area contributed by atoms with Crippen LogP contribution in [0.2, 0.25) is 0 Å². The van der Waals surface area contributed by atoms with E-state index in [4.69, 9.17) is 0 Å². The van der Waals surface area contributed by atoms with E-state index < -0.39 is 11.9 Å². The number of halogens is 3. The van der Waals surface area contributed by atoms with E-state index in [0.29, 0.717) is 28.8 Å². The smallest absolute Gasteiger partial charge is 0.365 e. The predicted octanol–water partition coefficient (Wildman–Crippen LogP) is 4.04. The molecular weight excluding hydrogens is 369 g/mol. The van der Waals surface area contributed by atoms with Crippen LogP contribution in [0.4, 0.5) is 24.9 Å². The number of rotatable bonds is 4. The Balaban J connectivity index is 1.69. The largest absolute Gasteiger partial charge is 0.433 e. The second-order valence-corrected chi connectivity index (χ2v) is 6.79. The van der Waals surface area contributed by atoms with Gasteiger partial charge in [0.05, 0.1) is 5.39 Å². The molecule has 0 saturated carbocycles. The number of alkyl halides is 3. The second kappa shape index (κ2) is 7.21. The summed E-state index contributed by atoms with van der Waals surface area (Å²) >= 11 is 0. The SMILES string of the molecule is CC1CCCN1c1nc(NCc2cccnc2C(F)(F)F)c2cccnc2n1. The summed E-state index contributed by atoms with van der Waals surface area (Å²) in [5.74, 6) is 1.00.